The number of ether oxygens (including phenoxy) is 1. The molecule has 0 radical (unpaired) electrons. The molecule has 2 rings (SSSR count). The fraction of sp³-hybridized carbons (Fsp3) is 0.795. The minimum Gasteiger partial charge on any atom is -0.460 e. The Morgan fingerprint density at radius 1 is 0.873 bits per heavy atom. The van der Waals surface area contributed by atoms with Crippen LogP contribution in [0, 0.1) is 17.8 Å². The first-order valence-corrected chi connectivity index (χ1v) is 20.5. The number of hydrazine groups is 1. The Morgan fingerprint density at radius 2 is 1.49 bits per heavy atom. The van der Waals surface area contributed by atoms with E-state index >= 15 is 0 Å². The molecule has 1 saturated carbocycles. The second-order valence-electron chi connectivity index (χ2n) is 15.7. The number of carbonyl (C=O) groups is 6. The van der Waals surface area contributed by atoms with E-state index in [1.807, 2.05) is 13.8 Å². The molecule has 0 aromatic rings. The van der Waals surface area contributed by atoms with E-state index in [0.717, 1.165) is 44.9 Å². The van der Waals surface area contributed by atoms with Gasteiger partial charge in [-0.05, 0) is 43.9 Å². The number of esters is 1. The zero-order chi connectivity index (χ0) is 40.9. The van der Waals surface area contributed by atoms with Crippen molar-refractivity contribution in [1.29, 1.82) is 0 Å². The second kappa shape index (κ2) is 25.3. The number of cyclic esters (lactones) is 1. The maximum Gasteiger partial charge on any atom is 0.325 e. The fourth-order valence-corrected chi connectivity index (χ4v) is 7.40. The van der Waals surface area contributed by atoms with E-state index in [4.69, 9.17) is 22.0 Å². The average Bonchev–Trinajstić information content (AvgIpc) is 3.16. The molecular weight excluding hydrogens is 706 g/mol. The van der Waals surface area contributed by atoms with Crippen molar-refractivity contribution < 1.29 is 33.5 Å². The van der Waals surface area contributed by atoms with Crippen molar-refractivity contribution in [2.24, 2.45) is 35.1 Å². The van der Waals surface area contributed by atoms with Crippen molar-refractivity contribution in [3.63, 3.8) is 0 Å². The number of amides is 5. The summed E-state index contributed by atoms with van der Waals surface area (Å²) in [6.07, 6.45) is 13.5. The molecule has 55 heavy (non-hydrogen) atoms. The van der Waals surface area contributed by atoms with Crippen LogP contribution in [0.25, 0.3) is 0 Å². The quantitative estimate of drug-likeness (QED) is 0.0485. The molecule has 1 aliphatic carbocycles. The molecule has 0 aromatic heterocycles. The Hall–Kier alpha value is -3.92. The van der Waals surface area contributed by atoms with E-state index in [2.05, 4.69) is 33.6 Å². The summed E-state index contributed by atoms with van der Waals surface area (Å²) in [5.41, 5.74) is 14.4. The topological polar surface area (TPSA) is 253 Å². The lowest BCUT2D eigenvalue weighted by molar-refractivity contribution is -0.157. The number of nitrogens with one attached hydrogen (secondary N) is 5. The highest BCUT2D eigenvalue weighted by atomic mass is 16.5. The normalized spacial score (nSPS) is 26.3. The van der Waals surface area contributed by atoms with E-state index in [1.54, 1.807) is 14.0 Å². The molecule has 2 aliphatic rings. The van der Waals surface area contributed by atoms with Crippen LogP contribution in [0.4, 0.5) is 0 Å². The highest BCUT2D eigenvalue weighted by Crippen LogP contribution is 2.28. The minimum atomic E-state index is -1.29. The fourth-order valence-electron chi connectivity index (χ4n) is 7.40. The standard InChI is InChI=1S/C39H71N9O7/c1-6-7-8-9-10-11-12-16-19-32-26(4)39(54)48(5)31(20-25(2)3)37(52)47-34(27-17-14-13-15-18-27)38(53)46-30(22-40)36(51)45-29(21-28(41)23-44-42)35(50)43-24-33(49)55-32/h23,25-27,29-32,34,44H,6-22,24,40-42H2,1-5H3,(H,43,50)(H,45,51)(H,46,53)(H,47,52)/b28-23-/t26?,29?,30?,31?,32-,34?/m1/s1. The summed E-state index contributed by atoms with van der Waals surface area (Å²) in [5.74, 6) is 0.613. The van der Waals surface area contributed by atoms with Gasteiger partial charge in [0.15, 0.2) is 0 Å². The van der Waals surface area contributed by atoms with Gasteiger partial charge in [0.25, 0.3) is 0 Å². The van der Waals surface area contributed by atoms with Gasteiger partial charge in [-0.25, -0.2) is 0 Å². The molecule has 5 amide bonds. The van der Waals surface area contributed by atoms with Crippen LogP contribution >= 0.6 is 0 Å². The van der Waals surface area contributed by atoms with Gasteiger partial charge in [0, 0.05) is 31.9 Å². The molecule has 6 atom stereocenters. The van der Waals surface area contributed by atoms with E-state index in [-0.39, 0.29) is 36.4 Å². The average molecular weight is 778 g/mol. The third-order valence-electron chi connectivity index (χ3n) is 10.7. The number of nitrogens with zero attached hydrogens (tertiary/aromatic N) is 1. The van der Waals surface area contributed by atoms with Gasteiger partial charge in [0.05, 0.1) is 5.92 Å². The zero-order valence-electron chi connectivity index (χ0n) is 34.0. The van der Waals surface area contributed by atoms with Gasteiger partial charge in [-0.2, -0.15) is 0 Å². The van der Waals surface area contributed by atoms with E-state index in [0.29, 0.717) is 32.1 Å². The molecule has 5 unspecified atom stereocenters. The Labute approximate surface area is 327 Å². The van der Waals surface area contributed by atoms with Crippen LogP contribution < -0.4 is 44.0 Å². The summed E-state index contributed by atoms with van der Waals surface area (Å²) in [6, 6.07) is -4.49. The molecule has 0 bridgehead atoms. The zero-order valence-corrected chi connectivity index (χ0v) is 34.0. The minimum absolute atomic E-state index is 0.0159. The lowest BCUT2D eigenvalue weighted by atomic mass is 9.83. The molecule has 11 N–H and O–H groups in total. The third kappa shape index (κ3) is 16.4. The third-order valence-corrected chi connectivity index (χ3v) is 10.7. The summed E-state index contributed by atoms with van der Waals surface area (Å²) in [5, 5.41) is 10.8. The van der Waals surface area contributed by atoms with Gasteiger partial charge in [0.1, 0.15) is 36.8 Å². The largest absolute Gasteiger partial charge is 0.460 e. The monoisotopic (exact) mass is 778 g/mol. The van der Waals surface area contributed by atoms with Gasteiger partial charge >= 0.3 is 5.97 Å². The van der Waals surface area contributed by atoms with Crippen molar-refractivity contribution in [2.75, 3.05) is 20.1 Å². The van der Waals surface area contributed by atoms with Crippen molar-refractivity contribution in [3.05, 3.63) is 11.9 Å². The van der Waals surface area contributed by atoms with Crippen LogP contribution in [0.15, 0.2) is 11.9 Å². The number of carbonyl (C=O) groups excluding carboxylic acids is 6. The van der Waals surface area contributed by atoms with E-state index < -0.39 is 72.3 Å². The van der Waals surface area contributed by atoms with Gasteiger partial charge in [0.2, 0.25) is 29.5 Å². The summed E-state index contributed by atoms with van der Waals surface area (Å²) in [7, 11) is 1.56. The molecular formula is C39H71N9O7. The van der Waals surface area contributed by atoms with Gasteiger partial charge in [-0.15, -0.1) is 0 Å². The number of rotatable bonds is 16. The predicted octanol–water partition coefficient (Wildman–Crippen LogP) is 1.71. The Kier molecular flexibility index (Phi) is 21.7. The molecule has 0 spiro atoms. The molecule has 314 valence electrons. The molecule has 16 heteroatoms. The van der Waals surface area contributed by atoms with Crippen LogP contribution in [0.3, 0.4) is 0 Å². The van der Waals surface area contributed by atoms with E-state index in [9.17, 15) is 28.8 Å². The van der Waals surface area contributed by atoms with Crippen LogP contribution in [-0.2, 0) is 33.5 Å². The van der Waals surface area contributed by atoms with Crippen LogP contribution in [0.5, 0.6) is 0 Å². The summed E-state index contributed by atoms with van der Waals surface area (Å²) >= 11 is 0. The SMILES string of the molecule is CCCCCCCCCC[C@H]1OC(=O)CNC(=O)C(C/C(N)=C/NN)NC(=O)C(CN)NC(=O)C(C2CCCCC2)NC(=O)C(CC(C)C)N(C)C(=O)C1C. The first-order chi connectivity index (χ1) is 26.2. The highest BCUT2D eigenvalue weighted by Gasteiger charge is 2.39. The van der Waals surface area contributed by atoms with Gasteiger partial charge in [-0.3, -0.25) is 34.6 Å². The summed E-state index contributed by atoms with van der Waals surface area (Å²) < 4.78 is 5.90. The lowest BCUT2D eigenvalue weighted by Gasteiger charge is -2.36. The number of likely N-dealkylation sites (N-methyl/N-ethyl adjacent to an activating group) is 1. The maximum atomic E-state index is 14.2. The number of hydrogen-bond donors (Lipinski definition) is 8. The highest BCUT2D eigenvalue weighted by molar-refractivity contribution is 5.96. The van der Waals surface area contributed by atoms with Crippen LogP contribution in [-0.4, -0.2) is 90.8 Å². The summed E-state index contributed by atoms with van der Waals surface area (Å²) in [4.78, 5) is 84.1. The molecule has 16 nitrogen and oxygen atoms in total. The molecule has 0 aromatic carbocycles. The lowest BCUT2D eigenvalue weighted by Crippen LogP contribution is -2.61. The Bertz CT molecular complexity index is 1270. The van der Waals surface area contributed by atoms with Crippen molar-refractivity contribution in [3.8, 4) is 0 Å². The number of unbranched alkanes of at least 4 members (excludes halogenated alkanes) is 7. The molecule has 2 fully saturated rings. The van der Waals surface area contributed by atoms with Gasteiger partial charge < -0.3 is 47.8 Å². The number of hydrogen-bond acceptors (Lipinski definition) is 11. The Morgan fingerprint density at radius 3 is 2.09 bits per heavy atom. The molecule has 1 saturated heterocycles. The smallest absolute Gasteiger partial charge is 0.325 e. The van der Waals surface area contributed by atoms with Crippen molar-refractivity contribution in [2.45, 2.75) is 161 Å². The molecule has 1 heterocycles. The van der Waals surface area contributed by atoms with Gasteiger partial charge in [-0.1, -0.05) is 91.9 Å². The van der Waals surface area contributed by atoms with E-state index in [1.165, 1.54) is 30.4 Å². The number of nitrogens with two attached hydrogens (primary N) is 3. The first kappa shape index (κ1) is 47.2. The first-order valence-electron chi connectivity index (χ1n) is 20.5. The Balaban J connectivity index is 2.52. The molecule has 1 aliphatic heterocycles. The van der Waals surface area contributed by atoms with Crippen LogP contribution in [0.1, 0.15) is 130 Å². The summed E-state index contributed by atoms with van der Waals surface area (Å²) in [6.45, 7) is 6.90. The van der Waals surface area contributed by atoms with Crippen molar-refractivity contribution >= 4 is 35.5 Å². The maximum absolute atomic E-state index is 14.2. The second-order valence-corrected chi connectivity index (χ2v) is 15.7. The van der Waals surface area contributed by atoms with Crippen molar-refractivity contribution in [1.82, 2.24) is 31.6 Å². The van der Waals surface area contributed by atoms with Crippen LogP contribution in [0.2, 0.25) is 0 Å². The predicted molar refractivity (Wildman–Crippen MR) is 211 cm³/mol.